The molecule has 1 heterocycles. The first-order valence-corrected chi connectivity index (χ1v) is 8.00. The van der Waals surface area contributed by atoms with Gasteiger partial charge in [0.15, 0.2) is 11.5 Å². The minimum absolute atomic E-state index is 0.179. The highest BCUT2D eigenvalue weighted by Gasteiger charge is 2.24. The summed E-state index contributed by atoms with van der Waals surface area (Å²) in [6.45, 7) is 0.641. The van der Waals surface area contributed by atoms with Crippen molar-refractivity contribution in [2.75, 3.05) is 11.4 Å². The summed E-state index contributed by atoms with van der Waals surface area (Å²) in [7, 11) is 0. The summed E-state index contributed by atoms with van der Waals surface area (Å²) >= 11 is 6.93. The summed E-state index contributed by atoms with van der Waals surface area (Å²) in [6, 6.07) is 11.9. The second-order valence-electron chi connectivity index (χ2n) is 4.75. The van der Waals surface area contributed by atoms with Crippen molar-refractivity contribution < 1.29 is 4.74 Å². The lowest BCUT2D eigenvalue weighted by Crippen LogP contribution is -2.26. The molecule has 0 saturated heterocycles. The molecule has 0 bridgehead atoms. The quantitative estimate of drug-likeness (QED) is 0.565. The van der Waals surface area contributed by atoms with Crippen LogP contribution in [0.1, 0.15) is 6.42 Å². The minimum Gasteiger partial charge on any atom is -0.453 e. The minimum atomic E-state index is 0.179. The SMILES string of the molecule is N=C(N)CCN1c2ccc(Br)cc2Oc2cc(Br)ccc21. The van der Waals surface area contributed by atoms with Gasteiger partial charge in [-0.05, 0) is 36.4 Å². The molecule has 108 valence electrons. The van der Waals surface area contributed by atoms with Crippen LogP contribution >= 0.6 is 31.9 Å². The van der Waals surface area contributed by atoms with Crippen LogP contribution in [0.5, 0.6) is 11.5 Å². The Hall–Kier alpha value is -1.53. The van der Waals surface area contributed by atoms with Gasteiger partial charge in [0.2, 0.25) is 0 Å². The van der Waals surface area contributed by atoms with E-state index in [-0.39, 0.29) is 5.84 Å². The van der Waals surface area contributed by atoms with E-state index in [2.05, 4.69) is 36.8 Å². The van der Waals surface area contributed by atoms with Crippen molar-refractivity contribution in [2.24, 2.45) is 5.73 Å². The van der Waals surface area contributed by atoms with Crippen molar-refractivity contribution in [1.29, 1.82) is 5.41 Å². The maximum absolute atomic E-state index is 7.45. The third-order valence-electron chi connectivity index (χ3n) is 3.25. The van der Waals surface area contributed by atoms with Gasteiger partial charge >= 0.3 is 0 Å². The highest BCUT2D eigenvalue weighted by atomic mass is 79.9. The summed E-state index contributed by atoms with van der Waals surface area (Å²) < 4.78 is 7.92. The van der Waals surface area contributed by atoms with Crippen molar-refractivity contribution in [3.8, 4) is 11.5 Å². The van der Waals surface area contributed by atoms with Crippen molar-refractivity contribution in [3.05, 3.63) is 45.3 Å². The summed E-state index contributed by atoms with van der Waals surface area (Å²) in [4.78, 5) is 2.13. The number of hydrogen-bond acceptors (Lipinski definition) is 3. The molecule has 0 aliphatic carbocycles. The molecule has 6 heteroatoms. The zero-order chi connectivity index (χ0) is 15.0. The molecule has 2 aromatic rings. The molecular weight excluding hydrogens is 398 g/mol. The number of halogens is 2. The van der Waals surface area contributed by atoms with Crippen molar-refractivity contribution in [3.63, 3.8) is 0 Å². The molecule has 0 unspecified atom stereocenters. The standard InChI is InChI=1S/C15H13Br2N3O/c16-9-1-3-11-13(7-9)21-14-8-10(17)2-4-12(14)20(11)6-5-15(18)19/h1-4,7-8H,5-6H2,(H3,18,19). The number of nitrogens with zero attached hydrogens (tertiary/aromatic N) is 1. The number of ether oxygens (including phenoxy) is 1. The van der Waals surface area contributed by atoms with Crippen molar-refractivity contribution in [1.82, 2.24) is 0 Å². The highest BCUT2D eigenvalue weighted by Crippen LogP contribution is 2.48. The molecule has 0 radical (unpaired) electrons. The molecule has 3 N–H and O–H groups in total. The first-order chi connectivity index (χ1) is 10.0. The van der Waals surface area contributed by atoms with Crippen LogP contribution in [0.25, 0.3) is 0 Å². The molecule has 0 amide bonds. The van der Waals surface area contributed by atoms with Gasteiger partial charge in [-0.1, -0.05) is 31.9 Å². The van der Waals surface area contributed by atoms with Gasteiger partial charge in [-0.15, -0.1) is 0 Å². The highest BCUT2D eigenvalue weighted by molar-refractivity contribution is 9.10. The van der Waals surface area contributed by atoms with Crippen LogP contribution in [0.15, 0.2) is 45.3 Å². The molecule has 3 rings (SSSR count). The van der Waals surface area contributed by atoms with Crippen LogP contribution in [0.3, 0.4) is 0 Å². The number of nitrogens with one attached hydrogen (secondary N) is 1. The van der Waals surface area contributed by atoms with Crippen LogP contribution in [-0.2, 0) is 0 Å². The smallest absolute Gasteiger partial charge is 0.152 e. The average molecular weight is 411 g/mol. The van der Waals surface area contributed by atoms with Gasteiger partial charge in [0.1, 0.15) is 0 Å². The van der Waals surface area contributed by atoms with E-state index in [4.69, 9.17) is 15.9 Å². The molecule has 0 fully saturated rings. The second kappa shape index (κ2) is 5.69. The van der Waals surface area contributed by atoms with Crippen LogP contribution in [-0.4, -0.2) is 12.4 Å². The number of fused-ring (bicyclic) bond motifs is 2. The van der Waals surface area contributed by atoms with Gasteiger partial charge in [0.25, 0.3) is 0 Å². The van der Waals surface area contributed by atoms with Crippen LogP contribution in [0, 0.1) is 5.41 Å². The number of nitrogens with two attached hydrogens (primary N) is 1. The largest absolute Gasteiger partial charge is 0.453 e. The Morgan fingerprint density at radius 3 is 2.05 bits per heavy atom. The number of rotatable bonds is 3. The van der Waals surface area contributed by atoms with Gasteiger partial charge in [0, 0.05) is 21.9 Å². The van der Waals surface area contributed by atoms with Crippen molar-refractivity contribution >= 4 is 49.1 Å². The lowest BCUT2D eigenvalue weighted by molar-refractivity contribution is 0.472. The maximum atomic E-state index is 7.45. The second-order valence-corrected chi connectivity index (χ2v) is 6.58. The third-order valence-corrected chi connectivity index (χ3v) is 4.24. The molecule has 0 spiro atoms. The van der Waals surface area contributed by atoms with Gasteiger partial charge in [0.05, 0.1) is 17.2 Å². The monoisotopic (exact) mass is 409 g/mol. The van der Waals surface area contributed by atoms with Crippen LogP contribution in [0.2, 0.25) is 0 Å². The number of anilines is 2. The normalized spacial score (nSPS) is 12.4. The Morgan fingerprint density at radius 2 is 1.57 bits per heavy atom. The fraction of sp³-hybridized carbons (Fsp3) is 0.133. The maximum Gasteiger partial charge on any atom is 0.152 e. The molecule has 0 saturated carbocycles. The average Bonchev–Trinajstić information content (AvgIpc) is 2.42. The zero-order valence-corrected chi connectivity index (χ0v) is 14.2. The van der Waals surface area contributed by atoms with Crippen LogP contribution < -0.4 is 15.4 Å². The van der Waals surface area contributed by atoms with Crippen molar-refractivity contribution in [2.45, 2.75) is 6.42 Å². The molecule has 2 aromatic carbocycles. The summed E-state index contributed by atoms with van der Waals surface area (Å²) in [6.07, 6.45) is 0.505. The van der Waals surface area contributed by atoms with Crippen LogP contribution in [0.4, 0.5) is 11.4 Å². The lowest BCUT2D eigenvalue weighted by atomic mass is 10.1. The van der Waals surface area contributed by atoms with E-state index in [0.29, 0.717) is 13.0 Å². The Bertz CT molecular complexity index is 667. The predicted octanol–water partition coefficient (Wildman–Crippen LogP) is 4.78. The Balaban J connectivity index is 2.07. The summed E-state index contributed by atoms with van der Waals surface area (Å²) in [5.41, 5.74) is 7.47. The number of hydrogen-bond donors (Lipinski definition) is 2. The first-order valence-electron chi connectivity index (χ1n) is 6.42. The van der Waals surface area contributed by atoms with E-state index in [1.54, 1.807) is 0 Å². The molecule has 21 heavy (non-hydrogen) atoms. The fourth-order valence-corrected chi connectivity index (χ4v) is 2.99. The number of benzene rings is 2. The molecule has 1 aliphatic rings. The number of amidine groups is 1. The Morgan fingerprint density at radius 1 is 1.05 bits per heavy atom. The predicted molar refractivity (Wildman–Crippen MR) is 91.9 cm³/mol. The van der Waals surface area contributed by atoms with E-state index in [0.717, 1.165) is 31.8 Å². The van der Waals surface area contributed by atoms with E-state index >= 15 is 0 Å². The molecular formula is C15H13Br2N3O. The molecule has 0 atom stereocenters. The summed E-state index contributed by atoms with van der Waals surface area (Å²) in [5.74, 6) is 1.76. The van der Waals surface area contributed by atoms with E-state index in [9.17, 15) is 0 Å². The van der Waals surface area contributed by atoms with E-state index in [1.807, 2.05) is 36.4 Å². The van der Waals surface area contributed by atoms with Gasteiger partial charge in [-0.2, -0.15) is 0 Å². The zero-order valence-electron chi connectivity index (χ0n) is 11.1. The first kappa shape index (κ1) is 14.4. The topological polar surface area (TPSA) is 62.3 Å². The van der Waals surface area contributed by atoms with E-state index < -0.39 is 0 Å². The lowest BCUT2D eigenvalue weighted by Gasteiger charge is -2.33. The summed E-state index contributed by atoms with van der Waals surface area (Å²) in [5, 5.41) is 7.45. The molecule has 1 aliphatic heterocycles. The van der Waals surface area contributed by atoms with Gasteiger partial charge < -0.3 is 15.4 Å². The fourth-order valence-electron chi connectivity index (χ4n) is 2.31. The van der Waals surface area contributed by atoms with E-state index in [1.165, 1.54) is 0 Å². The molecule has 0 aromatic heterocycles. The Kier molecular flexibility index (Phi) is 3.91. The Labute approximate surface area is 139 Å². The molecule has 4 nitrogen and oxygen atoms in total. The van der Waals surface area contributed by atoms with Gasteiger partial charge in [-0.3, -0.25) is 5.41 Å². The van der Waals surface area contributed by atoms with Gasteiger partial charge in [-0.25, -0.2) is 0 Å². The third kappa shape index (κ3) is 2.91.